The van der Waals surface area contributed by atoms with E-state index in [2.05, 4.69) is 0 Å². The molecule has 0 atom stereocenters. The summed E-state index contributed by atoms with van der Waals surface area (Å²) in [5, 5.41) is 0. The Hall–Kier alpha value is -2.28. The normalized spacial score (nSPS) is 18.2. The molecule has 0 unspecified atom stereocenters. The van der Waals surface area contributed by atoms with Gasteiger partial charge in [-0.05, 0) is 12.1 Å². The highest BCUT2D eigenvalue weighted by Gasteiger charge is 2.30. The molecule has 112 valence electrons. The molecule has 2 heterocycles. The quantitative estimate of drug-likeness (QED) is 0.766. The first kappa shape index (κ1) is 13.7. The Kier molecular flexibility index (Phi) is 3.66. The fourth-order valence-electron chi connectivity index (χ4n) is 2.50. The van der Waals surface area contributed by atoms with Crippen molar-refractivity contribution in [2.75, 3.05) is 50.1 Å². The minimum atomic E-state index is -0.262. The molecular formula is C14H17N3O4. The maximum absolute atomic E-state index is 12.3. The number of ether oxygens (including phenoxy) is 2. The number of nitrogens with two attached hydrogens (primary N) is 1. The Bertz CT molecular complexity index is 569. The highest BCUT2D eigenvalue weighted by Crippen LogP contribution is 2.36. The van der Waals surface area contributed by atoms with Crippen molar-refractivity contribution in [2.24, 2.45) is 0 Å². The predicted molar refractivity (Wildman–Crippen MR) is 76.1 cm³/mol. The number of hydrogen-bond acceptors (Lipinski definition) is 5. The minimum Gasteiger partial charge on any atom is -0.481 e. The average molecular weight is 291 g/mol. The van der Waals surface area contributed by atoms with Gasteiger partial charge in [-0.3, -0.25) is 14.5 Å². The standard InChI is InChI=1S/C14H17N3O4/c15-10-2-1-3-11-14(10)17(13(19)9-21-11)8-12(18)16-4-6-20-7-5-16/h1-3H,4-9,15H2. The van der Waals surface area contributed by atoms with Gasteiger partial charge in [0.05, 0.1) is 18.9 Å². The fraction of sp³-hybridized carbons (Fsp3) is 0.429. The number of rotatable bonds is 2. The number of hydrogen-bond donors (Lipinski definition) is 1. The smallest absolute Gasteiger partial charge is 0.265 e. The van der Waals surface area contributed by atoms with Crippen LogP contribution in [0.25, 0.3) is 0 Å². The van der Waals surface area contributed by atoms with Crippen molar-refractivity contribution in [2.45, 2.75) is 0 Å². The Balaban J connectivity index is 1.81. The average Bonchev–Trinajstić information content (AvgIpc) is 2.51. The number of nitrogens with zero attached hydrogens (tertiary/aromatic N) is 2. The van der Waals surface area contributed by atoms with Crippen LogP contribution < -0.4 is 15.4 Å². The lowest BCUT2D eigenvalue weighted by Crippen LogP contribution is -2.49. The van der Waals surface area contributed by atoms with Gasteiger partial charge in [-0.2, -0.15) is 0 Å². The molecule has 7 nitrogen and oxygen atoms in total. The van der Waals surface area contributed by atoms with Gasteiger partial charge < -0.3 is 20.1 Å². The number of amides is 2. The third-order valence-corrected chi connectivity index (χ3v) is 3.61. The molecule has 1 saturated heterocycles. The van der Waals surface area contributed by atoms with E-state index in [1.165, 1.54) is 4.90 Å². The van der Waals surface area contributed by atoms with E-state index in [0.717, 1.165) is 0 Å². The number of morpholine rings is 1. The van der Waals surface area contributed by atoms with Gasteiger partial charge in [-0.1, -0.05) is 6.07 Å². The van der Waals surface area contributed by atoms with Gasteiger partial charge in [0.25, 0.3) is 5.91 Å². The van der Waals surface area contributed by atoms with Gasteiger partial charge in [-0.15, -0.1) is 0 Å². The number of carbonyl (C=O) groups is 2. The van der Waals surface area contributed by atoms with Crippen molar-refractivity contribution in [1.29, 1.82) is 0 Å². The summed E-state index contributed by atoms with van der Waals surface area (Å²) in [7, 11) is 0. The Morgan fingerprint density at radius 2 is 2.05 bits per heavy atom. The zero-order valence-electron chi connectivity index (χ0n) is 11.6. The molecular weight excluding hydrogens is 274 g/mol. The number of fused-ring (bicyclic) bond motifs is 1. The Morgan fingerprint density at radius 3 is 2.81 bits per heavy atom. The first-order valence-corrected chi connectivity index (χ1v) is 6.84. The molecule has 2 amide bonds. The van der Waals surface area contributed by atoms with Crippen LogP contribution in [0.3, 0.4) is 0 Å². The van der Waals surface area contributed by atoms with Crippen LogP contribution >= 0.6 is 0 Å². The Morgan fingerprint density at radius 1 is 1.29 bits per heavy atom. The SMILES string of the molecule is Nc1cccc2c1N(CC(=O)N1CCOCC1)C(=O)CO2. The number of nitrogen functional groups attached to an aromatic ring is 1. The zero-order valence-corrected chi connectivity index (χ0v) is 11.6. The van der Waals surface area contributed by atoms with Crippen LogP contribution in [0.15, 0.2) is 18.2 Å². The molecule has 0 spiro atoms. The fourth-order valence-corrected chi connectivity index (χ4v) is 2.50. The summed E-state index contributed by atoms with van der Waals surface area (Å²) in [4.78, 5) is 27.5. The lowest BCUT2D eigenvalue weighted by molar-refractivity contribution is -0.135. The molecule has 1 aromatic rings. The third-order valence-electron chi connectivity index (χ3n) is 3.61. The van der Waals surface area contributed by atoms with Crippen LogP contribution in [0.1, 0.15) is 0 Å². The van der Waals surface area contributed by atoms with E-state index in [0.29, 0.717) is 43.4 Å². The highest BCUT2D eigenvalue weighted by molar-refractivity contribution is 6.04. The lowest BCUT2D eigenvalue weighted by atomic mass is 10.2. The van der Waals surface area contributed by atoms with Crippen LogP contribution in [0, 0.1) is 0 Å². The number of anilines is 2. The predicted octanol–water partition coefficient (Wildman–Crippen LogP) is -0.147. The van der Waals surface area contributed by atoms with E-state index < -0.39 is 0 Å². The van der Waals surface area contributed by atoms with Gasteiger partial charge in [0, 0.05) is 13.1 Å². The summed E-state index contributed by atoms with van der Waals surface area (Å²) in [6, 6.07) is 5.18. The summed E-state index contributed by atoms with van der Waals surface area (Å²) in [5.74, 6) is 0.161. The van der Waals surface area contributed by atoms with E-state index in [4.69, 9.17) is 15.2 Å². The number of carbonyl (C=O) groups excluding carboxylic acids is 2. The first-order chi connectivity index (χ1) is 10.2. The van der Waals surface area contributed by atoms with Crippen molar-refractivity contribution >= 4 is 23.2 Å². The molecule has 1 aromatic carbocycles. The summed E-state index contributed by atoms with van der Waals surface area (Å²) in [5.41, 5.74) is 6.84. The molecule has 1 fully saturated rings. The monoisotopic (exact) mass is 291 g/mol. The Labute approximate surface area is 122 Å². The van der Waals surface area contributed by atoms with Gasteiger partial charge in [0.2, 0.25) is 5.91 Å². The van der Waals surface area contributed by atoms with Crippen LogP contribution in [0.5, 0.6) is 5.75 Å². The molecule has 0 radical (unpaired) electrons. The van der Waals surface area contributed by atoms with Gasteiger partial charge in [-0.25, -0.2) is 0 Å². The van der Waals surface area contributed by atoms with Crippen LogP contribution in [-0.2, 0) is 14.3 Å². The van der Waals surface area contributed by atoms with Gasteiger partial charge in [0.1, 0.15) is 18.0 Å². The van der Waals surface area contributed by atoms with Crippen molar-refractivity contribution in [1.82, 2.24) is 4.90 Å². The summed E-state index contributed by atoms with van der Waals surface area (Å²) in [6.07, 6.45) is 0. The van der Waals surface area contributed by atoms with E-state index >= 15 is 0 Å². The maximum atomic E-state index is 12.3. The van der Waals surface area contributed by atoms with Crippen LogP contribution in [0.2, 0.25) is 0 Å². The van der Waals surface area contributed by atoms with E-state index in [1.807, 2.05) is 0 Å². The molecule has 0 aromatic heterocycles. The minimum absolute atomic E-state index is 0.0244. The van der Waals surface area contributed by atoms with E-state index in [9.17, 15) is 9.59 Å². The summed E-state index contributed by atoms with van der Waals surface area (Å²) in [6.45, 7) is 2.06. The van der Waals surface area contributed by atoms with Crippen molar-refractivity contribution in [3.63, 3.8) is 0 Å². The van der Waals surface area contributed by atoms with Gasteiger partial charge in [0.15, 0.2) is 6.61 Å². The summed E-state index contributed by atoms with van der Waals surface area (Å²) >= 11 is 0. The second-order valence-corrected chi connectivity index (χ2v) is 4.96. The number of benzene rings is 1. The highest BCUT2D eigenvalue weighted by atomic mass is 16.5. The van der Waals surface area contributed by atoms with E-state index in [1.54, 1.807) is 23.1 Å². The lowest BCUT2D eigenvalue weighted by Gasteiger charge is -2.33. The first-order valence-electron chi connectivity index (χ1n) is 6.84. The van der Waals surface area contributed by atoms with Crippen molar-refractivity contribution < 1.29 is 19.1 Å². The molecule has 2 aliphatic rings. The van der Waals surface area contributed by atoms with E-state index in [-0.39, 0.29) is 25.0 Å². The summed E-state index contributed by atoms with van der Waals surface area (Å²) < 4.78 is 10.6. The second-order valence-electron chi connectivity index (χ2n) is 4.96. The molecule has 0 aliphatic carbocycles. The van der Waals surface area contributed by atoms with Crippen LogP contribution in [0.4, 0.5) is 11.4 Å². The molecule has 7 heteroatoms. The maximum Gasteiger partial charge on any atom is 0.265 e. The van der Waals surface area contributed by atoms with Crippen molar-refractivity contribution in [3.8, 4) is 5.75 Å². The second kappa shape index (κ2) is 5.61. The van der Waals surface area contributed by atoms with Gasteiger partial charge >= 0.3 is 0 Å². The molecule has 2 N–H and O–H groups in total. The molecule has 3 rings (SSSR count). The zero-order chi connectivity index (χ0) is 14.8. The molecule has 21 heavy (non-hydrogen) atoms. The number of para-hydroxylation sites is 1. The molecule has 0 saturated carbocycles. The van der Waals surface area contributed by atoms with Crippen LogP contribution in [-0.4, -0.2) is 56.2 Å². The third kappa shape index (κ3) is 2.64. The van der Waals surface area contributed by atoms with Crippen molar-refractivity contribution in [3.05, 3.63) is 18.2 Å². The largest absolute Gasteiger partial charge is 0.481 e. The topological polar surface area (TPSA) is 85.1 Å². The molecule has 2 aliphatic heterocycles. The molecule has 0 bridgehead atoms.